The van der Waals surface area contributed by atoms with E-state index in [2.05, 4.69) is 24.0 Å². The monoisotopic (exact) mass is 424 g/mol. The van der Waals surface area contributed by atoms with Crippen molar-refractivity contribution in [1.29, 1.82) is 0 Å². The van der Waals surface area contributed by atoms with Crippen LogP contribution in [-0.4, -0.2) is 28.4 Å². The third-order valence-corrected chi connectivity index (χ3v) is 6.07. The van der Waals surface area contributed by atoms with E-state index in [9.17, 15) is 13.6 Å². The minimum absolute atomic E-state index is 0.0345. The number of amides is 1. The summed E-state index contributed by atoms with van der Waals surface area (Å²) in [6.45, 7) is 2.92. The Morgan fingerprint density at radius 3 is 2.61 bits per heavy atom. The lowest BCUT2D eigenvalue weighted by Gasteiger charge is -2.31. The number of hydrogen-bond acceptors (Lipinski definition) is 3. The summed E-state index contributed by atoms with van der Waals surface area (Å²) in [7, 11) is 0. The lowest BCUT2D eigenvalue weighted by Crippen LogP contribution is -2.39. The number of oxazole rings is 1. The Morgan fingerprint density at radius 2 is 1.90 bits per heavy atom. The Bertz CT molecular complexity index is 1010. The van der Waals surface area contributed by atoms with Gasteiger partial charge in [-0.1, -0.05) is 43.3 Å². The highest BCUT2D eigenvalue weighted by molar-refractivity contribution is 5.77. The minimum atomic E-state index is -0.704. The number of aryl methyl sites for hydroxylation is 1. The van der Waals surface area contributed by atoms with Crippen LogP contribution < -0.4 is 0 Å². The summed E-state index contributed by atoms with van der Waals surface area (Å²) in [6, 6.07) is 14.2. The fraction of sp³-hybridized carbons (Fsp3) is 0.360. The molecule has 2 heterocycles. The van der Waals surface area contributed by atoms with Crippen molar-refractivity contribution < 1.29 is 18.0 Å². The summed E-state index contributed by atoms with van der Waals surface area (Å²) in [6.07, 6.45) is 4.81. The van der Waals surface area contributed by atoms with E-state index in [1.807, 2.05) is 23.1 Å². The molecule has 6 heteroatoms. The summed E-state index contributed by atoms with van der Waals surface area (Å²) in [4.78, 5) is 19.1. The fourth-order valence-electron chi connectivity index (χ4n) is 4.58. The topological polar surface area (TPSA) is 46.3 Å². The lowest BCUT2D eigenvalue weighted by atomic mass is 9.87. The molecular weight excluding hydrogens is 398 g/mol. The molecule has 4 rings (SSSR count). The predicted octanol–water partition coefficient (Wildman–Crippen LogP) is 5.74. The Hall–Kier alpha value is -3.02. The van der Waals surface area contributed by atoms with Crippen molar-refractivity contribution in [3.05, 3.63) is 77.8 Å². The minimum Gasteiger partial charge on any atom is -0.441 e. The zero-order valence-electron chi connectivity index (χ0n) is 17.6. The van der Waals surface area contributed by atoms with Crippen molar-refractivity contribution in [3.63, 3.8) is 0 Å². The number of carbonyl (C=O) groups excluding carboxylic acids is 1. The molecule has 4 nitrogen and oxygen atoms in total. The third kappa shape index (κ3) is 4.53. The number of carbonyl (C=O) groups is 1. The van der Waals surface area contributed by atoms with Crippen molar-refractivity contribution in [2.45, 2.75) is 51.0 Å². The molecule has 0 radical (unpaired) electrons. The van der Waals surface area contributed by atoms with Crippen LogP contribution >= 0.6 is 0 Å². The number of hydrogen-bond donors (Lipinski definition) is 0. The van der Waals surface area contributed by atoms with E-state index in [1.165, 1.54) is 30.0 Å². The molecule has 2 aromatic carbocycles. The van der Waals surface area contributed by atoms with Crippen molar-refractivity contribution in [3.8, 4) is 11.3 Å². The van der Waals surface area contributed by atoms with E-state index in [4.69, 9.17) is 4.42 Å². The van der Waals surface area contributed by atoms with Crippen LogP contribution in [0.2, 0.25) is 0 Å². The van der Waals surface area contributed by atoms with Gasteiger partial charge in [-0.25, -0.2) is 13.8 Å². The highest BCUT2D eigenvalue weighted by Gasteiger charge is 2.34. The van der Waals surface area contributed by atoms with Gasteiger partial charge in [0.15, 0.2) is 11.7 Å². The quantitative estimate of drug-likeness (QED) is 0.486. The van der Waals surface area contributed by atoms with E-state index < -0.39 is 11.6 Å². The Morgan fingerprint density at radius 1 is 1.16 bits per heavy atom. The molecule has 1 fully saturated rings. The molecule has 162 valence electrons. The van der Waals surface area contributed by atoms with Gasteiger partial charge in [0.05, 0.1) is 11.8 Å². The summed E-state index contributed by atoms with van der Waals surface area (Å²) in [5.41, 5.74) is 1.03. The van der Waals surface area contributed by atoms with Crippen LogP contribution in [0.5, 0.6) is 0 Å². The molecule has 0 N–H and O–H groups in total. The number of benzene rings is 2. The Labute approximate surface area is 180 Å². The predicted molar refractivity (Wildman–Crippen MR) is 114 cm³/mol. The maximum absolute atomic E-state index is 14.0. The standard InChI is InChI=1S/C25H26F2N2O2/c1-2-18(17-8-4-3-5-9-17)21-12-7-15-29(21)24(30)14-13-23-28-16-22(31-23)25-19(26)10-6-11-20(25)27/h3-6,8-11,16,18,21H,2,7,12-15H2,1H3/t18-,21-/m0/s1. The smallest absolute Gasteiger partial charge is 0.223 e. The average molecular weight is 424 g/mol. The maximum atomic E-state index is 14.0. The average Bonchev–Trinajstić information content (AvgIpc) is 3.44. The van der Waals surface area contributed by atoms with Crippen molar-refractivity contribution in [1.82, 2.24) is 9.88 Å². The van der Waals surface area contributed by atoms with Gasteiger partial charge >= 0.3 is 0 Å². The molecule has 0 spiro atoms. The van der Waals surface area contributed by atoms with Crippen LogP contribution in [0.15, 0.2) is 59.1 Å². The zero-order chi connectivity index (χ0) is 21.8. The molecule has 1 aliphatic heterocycles. The van der Waals surface area contributed by atoms with Gasteiger partial charge in [0.25, 0.3) is 0 Å². The molecule has 0 bridgehead atoms. The molecule has 0 aliphatic carbocycles. The van der Waals surface area contributed by atoms with Crippen LogP contribution in [0.4, 0.5) is 8.78 Å². The number of rotatable bonds is 7. The van der Waals surface area contributed by atoms with E-state index in [0.717, 1.165) is 25.8 Å². The molecule has 1 saturated heterocycles. The van der Waals surface area contributed by atoms with Crippen LogP contribution in [0.1, 0.15) is 50.0 Å². The number of halogens is 2. The van der Waals surface area contributed by atoms with Crippen molar-refractivity contribution >= 4 is 5.91 Å². The van der Waals surface area contributed by atoms with Crippen molar-refractivity contribution in [2.24, 2.45) is 0 Å². The van der Waals surface area contributed by atoms with Gasteiger partial charge in [-0.2, -0.15) is 0 Å². The SMILES string of the molecule is CC[C@@H](c1ccccc1)[C@@H]1CCCN1C(=O)CCc1ncc(-c2c(F)cccc2F)o1. The molecule has 1 aromatic heterocycles. The van der Waals surface area contributed by atoms with Gasteiger partial charge in [-0.15, -0.1) is 0 Å². The summed E-state index contributed by atoms with van der Waals surface area (Å²) >= 11 is 0. The number of nitrogens with zero attached hydrogens (tertiary/aromatic N) is 2. The molecular formula is C25H26F2N2O2. The van der Waals surface area contributed by atoms with Gasteiger partial charge in [0, 0.05) is 31.3 Å². The van der Waals surface area contributed by atoms with E-state index >= 15 is 0 Å². The Balaban J connectivity index is 1.42. The molecule has 1 aliphatic rings. The second kappa shape index (κ2) is 9.41. The summed E-state index contributed by atoms with van der Waals surface area (Å²) in [5.74, 6) is -0.696. The molecule has 1 amide bonds. The van der Waals surface area contributed by atoms with Crippen LogP contribution in [-0.2, 0) is 11.2 Å². The number of aromatic nitrogens is 1. The third-order valence-electron chi connectivity index (χ3n) is 6.07. The molecule has 3 aromatic rings. The van der Waals surface area contributed by atoms with Crippen LogP contribution in [0.25, 0.3) is 11.3 Å². The lowest BCUT2D eigenvalue weighted by molar-refractivity contribution is -0.132. The van der Waals surface area contributed by atoms with E-state index in [0.29, 0.717) is 18.2 Å². The number of likely N-dealkylation sites (tertiary alicyclic amines) is 1. The molecule has 0 saturated carbocycles. The van der Waals surface area contributed by atoms with E-state index in [-0.39, 0.29) is 29.7 Å². The highest BCUT2D eigenvalue weighted by atomic mass is 19.1. The first-order valence-corrected chi connectivity index (χ1v) is 10.8. The normalized spacial score (nSPS) is 17.1. The summed E-state index contributed by atoms with van der Waals surface area (Å²) < 4.78 is 33.5. The Kier molecular flexibility index (Phi) is 6.44. The highest BCUT2D eigenvalue weighted by Crippen LogP contribution is 2.34. The molecule has 0 unspecified atom stereocenters. The van der Waals surface area contributed by atoms with Crippen LogP contribution in [0, 0.1) is 11.6 Å². The molecule has 31 heavy (non-hydrogen) atoms. The van der Waals surface area contributed by atoms with E-state index in [1.54, 1.807) is 0 Å². The first-order chi connectivity index (χ1) is 15.1. The first-order valence-electron chi connectivity index (χ1n) is 10.8. The van der Waals surface area contributed by atoms with Gasteiger partial charge in [-0.3, -0.25) is 4.79 Å². The second-order valence-electron chi connectivity index (χ2n) is 7.94. The van der Waals surface area contributed by atoms with Gasteiger partial charge < -0.3 is 9.32 Å². The molecule has 2 atom stereocenters. The van der Waals surface area contributed by atoms with Crippen LogP contribution in [0.3, 0.4) is 0 Å². The summed E-state index contributed by atoms with van der Waals surface area (Å²) in [5, 5.41) is 0. The second-order valence-corrected chi connectivity index (χ2v) is 7.94. The fourth-order valence-corrected chi connectivity index (χ4v) is 4.58. The van der Waals surface area contributed by atoms with Gasteiger partial charge in [0.2, 0.25) is 5.91 Å². The largest absolute Gasteiger partial charge is 0.441 e. The zero-order valence-corrected chi connectivity index (χ0v) is 17.6. The maximum Gasteiger partial charge on any atom is 0.223 e. The van der Waals surface area contributed by atoms with Gasteiger partial charge in [-0.05, 0) is 37.0 Å². The van der Waals surface area contributed by atoms with Gasteiger partial charge in [0.1, 0.15) is 11.6 Å². The first kappa shape index (κ1) is 21.2. The van der Waals surface area contributed by atoms with Crippen molar-refractivity contribution in [2.75, 3.05) is 6.54 Å².